The standard InChI is InChI=1S/C2H3ClO2.CH4N2O/c3-1-2(4)5;2-1(3)4/h1H2,(H,4,5);(H4,2,3,4). The molecule has 0 fully saturated rings. The number of rotatable bonds is 1. The zero-order valence-corrected chi connectivity index (χ0v) is 5.26. The average molecular weight is 155 g/mol. The number of carboxylic acid groups (broad SMARTS) is 1. The Bertz CT molecular complexity index is 101. The monoisotopic (exact) mass is 154 g/mol. The topological polar surface area (TPSA) is 106 Å². The van der Waals surface area contributed by atoms with E-state index in [9.17, 15) is 4.79 Å². The first-order valence-corrected chi connectivity index (χ1v) is 2.36. The number of primary amides is 2. The van der Waals surface area contributed by atoms with Gasteiger partial charge in [-0.15, -0.1) is 11.6 Å². The molecular formula is C3H7ClN2O3. The molecule has 0 bridgehead atoms. The van der Waals surface area contributed by atoms with Gasteiger partial charge in [0.25, 0.3) is 0 Å². The van der Waals surface area contributed by atoms with E-state index in [1.165, 1.54) is 0 Å². The fourth-order valence-electron chi connectivity index (χ4n) is 0. The minimum Gasteiger partial charge on any atom is -0.480 e. The molecule has 54 valence electrons. The van der Waals surface area contributed by atoms with Gasteiger partial charge >= 0.3 is 12.0 Å². The number of carbonyl (C=O) groups is 2. The summed E-state index contributed by atoms with van der Waals surface area (Å²) in [6.45, 7) is 0. The molecule has 0 saturated heterocycles. The van der Waals surface area contributed by atoms with Gasteiger partial charge in [-0.2, -0.15) is 0 Å². The van der Waals surface area contributed by atoms with Crippen molar-refractivity contribution in [3.63, 3.8) is 0 Å². The van der Waals surface area contributed by atoms with E-state index in [1.807, 2.05) is 0 Å². The first-order chi connectivity index (χ1) is 4.00. The van der Waals surface area contributed by atoms with E-state index in [0.717, 1.165) is 0 Å². The highest BCUT2D eigenvalue weighted by Gasteiger charge is 1.83. The molecule has 0 spiro atoms. The molecule has 0 radical (unpaired) electrons. The third-order valence-corrected chi connectivity index (χ3v) is 0.343. The lowest BCUT2D eigenvalue weighted by molar-refractivity contribution is -0.134. The van der Waals surface area contributed by atoms with Crippen molar-refractivity contribution >= 4 is 23.6 Å². The molecular weight excluding hydrogens is 147 g/mol. The van der Waals surface area contributed by atoms with E-state index in [0.29, 0.717) is 0 Å². The van der Waals surface area contributed by atoms with Crippen LogP contribution in [0.4, 0.5) is 4.79 Å². The Labute approximate surface area is 56.6 Å². The molecule has 0 heterocycles. The van der Waals surface area contributed by atoms with E-state index in [-0.39, 0.29) is 5.88 Å². The summed E-state index contributed by atoms with van der Waals surface area (Å²) in [7, 11) is 0. The fraction of sp³-hybridized carbons (Fsp3) is 0.333. The summed E-state index contributed by atoms with van der Waals surface area (Å²) in [5, 5.41) is 7.59. The Morgan fingerprint density at radius 2 is 1.56 bits per heavy atom. The van der Waals surface area contributed by atoms with Crippen LogP contribution in [0, 0.1) is 0 Å². The summed E-state index contributed by atoms with van der Waals surface area (Å²) in [4.78, 5) is 18.2. The first-order valence-electron chi connectivity index (χ1n) is 1.83. The molecule has 0 aliphatic heterocycles. The number of alkyl halides is 1. The van der Waals surface area contributed by atoms with Gasteiger partial charge in [0.1, 0.15) is 5.88 Å². The van der Waals surface area contributed by atoms with Crippen LogP contribution in [0.15, 0.2) is 0 Å². The SMILES string of the molecule is NC(N)=O.O=C(O)CCl. The minimum atomic E-state index is -0.980. The Morgan fingerprint density at radius 1 is 1.44 bits per heavy atom. The second kappa shape index (κ2) is 7.03. The lowest BCUT2D eigenvalue weighted by Gasteiger charge is -1.69. The number of nitrogens with two attached hydrogens (primary N) is 2. The third kappa shape index (κ3) is 168. The highest BCUT2D eigenvalue weighted by molar-refractivity contribution is 6.26. The molecule has 0 aromatic carbocycles. The molecule has 0 aliphatic carbocycles. The first kappa shape index (κ1) is 10.9. The summed E-state index contributed by atoms with van der Waals surface area (Å²) in [5.74, 6) is -1.29. The highest BCUT2D eigenvalue weighted by Crippen LogP contribution is 1.67. The van der Waals surface area contributed by atoms with Crippen molar-refractivity contribution in [1.82, 2.24) is 0 Å². The van der Waals surface area contributed by atoms with Crippen molar-refractivity contribution in [2.24, 2.45) is 11.5 Å². The summed E-state index contributed by atoms with van der Waals surface area (Å²) < 4.78 is 0. The average Bonchev–Trinajstić information content (AvgIpc) is 1.65. The Morgan fingerprint density at radius 3 is 1.56 bits per heavy atom. The van der Waals surface area contributed by atoms with E-state index in [4.69, 9.17) is 21.5 Å². The molecule has 5 N–H and O–H groups in total. The second-order valence-corrected chi connectivity index (χ2v) is 1.20. The van der Waals surface area contributed by atoms with Crippen LogP contribution in [-0.2, 0) is 4.79 Å². The van der Waals surface area contributed by atoms with Crippen LogP contribution in [-0.4, -0.2) is 23.0 Å². The van der Waals surface area contributed by atoms with E-state index >= 15 is 0 Å². The molecule has 5 nitrogen and oxygen atoms in total. The number of carboxylic acids is 1. The maximum absolute atomic E-state index is 9.24. The summed E-state index contributed by atoms with van der Waals surface area (Å²) in [6, 6.07) is -0.833. The van der Waals surface area contributed by atoms with E-state index in [2.05, 4.69) is 11.5 Å². The molecule has 0 unspecified atom stereocenters. The number of hydrogen-bond acceptors (Lipinski definition) is 2. The smallest absolute Gasteiger partial charge is 0.318 e. The largest absolute Gasteiger partial charge is 0.480 e. The van der Waals surface area contributed by atoms with E-state index in [1.54, 1.807) is 0 Å². The third-order valence-electron chi connectivity index (χ3n) is 0.114. The molecule has 0 aromatic heterocycles. The molecule has 6 heteroatoms. The van der Waals surface area contributed by atoms with Gasteiger partial charge in [-0.05, 0) is 0 Å². The van der Waals surface area contributed by atoms with Crippen molar-refractivity contribution in [1.29, 1.82) is 0 Å². The zero-order chi connectivity index (χ0) is 7.86. The number of carbonyl (C=O) groups excluding carboxylic acids is 1. The van der Waals surface area contributed by atoms with E-state index < -0.39 is 12.0 Å². The van der Waals surface area contributed by atoms with Crippen LogP contribution in [0.25, 0.3) is 0 Å². The van der Waals surface area contributed by atoms with Crippen molar-refractivity contribution in [3.05, 3.63) is 0 Å². The van der Waals surface area contributed by atoms with Crippen LogP contribution < -0.4 is 11.5 Å². The molecule has 0 atom stereocenters. The zero-order valence-electron chi connectivity index (χ0n) is 4.50. The van der Waals surface area contributed by atoms with Gasteiger partial charge < -0.3 is 16.6 Å². The molecule has 9 heavy (non-hydrogen) atoms. The summed E-state index contributed by atoms with van der Waals surface area (Å²) in [5.41, 5.74) is 8.50. The van der Waals surface area contributed by atoms with Gasteiger partial charge in [-0.1, -0.05) is 0 Å². The maximum Gasteiger partial charge on any atom is 0.318 e. The van der Waals surface area contributed by atoms with Crippen LogP contribution in [0.1, 0.15) is 0 Å². The summed E-state index contributed by atoms with van der Waals surface area (Å²) >= 11 is 4.74. The van der Waals surface area contributed by atoms with Crippen molar-refractivity contribution in [2.75, 3.05) is 5.88 Å². The number of halogens is 1. The Kier molecular flexibility index (Phi) is 8.53. The van der Waals surface area contributed by atoms with Gasteiger partial charge in [0.05, 0.1) is 0 Å². The fourth-order valence-corrected chi connectivity index (χ4v) is 0. The maximum atomic E-state index is 9.24. The minimum absolute atomic E-state index is 0.306. The van der Waals surface area contributed by atoms with Crippen LogP contribution in [0.5, 0.6) is 0 Å². The van der Waals surface area contributed by atoms with Crippen LogP contribution in [0.2, 0.25) is 0 Å². The molecule has 2 amide bonds. The predicted octanol–water partition coefficient (Wildman–Crippen LogP) is -0.666. The molecule has 0 saturated carbocycles. The lowest BCUT2D eigenvalue weighted by atomic mass is 10.8. The van der Waals surface area contributed by atoms with Gasteiger partial charge in [-0.25, -0.2) is 4.79 Å². The molecule has 0 aliphatic rings. The normalized spacial score (nSPS) is 6.78. The Hall–Kier alpha value is -0.970. The predicted molar refractivity (Wildman–Crippen MR) is 32.1 cm³/mol. The van der Waals surface area contributed by atoms with Crippen molar-refractivity contribution < 1.29 is 14.7 Å². The van der Waals surface area contributed by atoms with Crippen molar-refractivity contribution in [2.45, 2.75) is 0 Å². The highest BCUT2D eigenvalue weighted by atomic mass is 35.5. The second-order valence-electron chi connectivity index (χ2n) is 0.930. The van der Waals surface area contributed by atoms with Gasteiger partial charge in [0.2, 0.25) is 0 Å². The molecule has 0 aromatic rings. The number of amides is 2. The number of urea groups is 1. The quantitative estimate of drug-likeness (QED) is 0.436. The van der Waals surface area contributed by atoms with Crippen LogP contribution >= 0.6 is 11.6 Å². The number of hydrogen-bond donors (Lipinski definition) is 3. The molecule has 0 rings (SSSR count). The van der Waals surface area contributed by atoms with Gasteiger partial charge in [0, 0.05) is 0 Å². The van der Waals surface area contributed by atoms with Crippen molar-refractivity contribution in [3.8, 4) is 0 Å². The van der Waals surface area contributed by atoms with Gasteiger partial charge in [-0.3, -0.25) is 4.79 Å². The number of aliphatic carboxylic acids is 1. The lowest BCUT2D eigenvalue weighted by Crippen LogP contribution is -2.18. The van der Waals surface area contributed by atoms with Gasteiger partial charge in [0.15, 0.2) is 0 Å². The summed E-state index contributed by atoms with van der Waals surface area (Å²) in [6.07, 6.45) is 0. The van der Waals surface area contributed by atoms with Crippen LogP contribution in [0.3, 0.4) is 0 Å². The Balaban J connectivity index is 0.